The molecule has 6 heteroatoms. The third-order valence-corrected chi connectivity index (χ3v) is 7.68. The molecule has 1 aliphatic heterocycles. The number of amides is 1. The standard InChI is InChI=1S/C29H35ClN2O3/c1-7-31(8-2)20-11-9-19(10-12-20)21-14-27(34)32(23-13-18(3)22(30)15-26(23)35-6)24-16-29(4,5)17-25(33)28(21)24/h9-13,15,21H,7-8,14,16-17H2,1-6H3. The van der Waals surface area contributed by atoms with Crippen LogP contribution in [0.15, 0.2) is 47.7 Å². The number of halogens is 1. The van der Waals surface area contributed by atoms with Crippen LogP contribution in [0.5, 0.6) is 5.75 Å². The molecule has 1 aliphatic carbocycles. The van der Waals surface area contributed by atoms with Crippen molar-refractivity contribution in [1.82, 2.24) is 0 Å². The zero-order chi connectivity index (χ0) is 25.5. The molecule has 0 radical (unpaired) electrons. The molecule has 0 aromatic heterocycles. The summed E-state index contributed by atoms with van der Waals surface area (Å²) < 4.78 is 5.62. The van der Waals surface area contributed by atoms with Gasteiger partial charge in [0, 0.05) is 59.9 Å². The Morgan fingerprint density at radius 2 is 1.74 bits per heavy atom. The van der Waals surface area contributed by atoms with Crippen LogP contribution in [0.2, 0.25) is 5.02 Å². The highest BCUT2D eigenvalue weighted by Crippen LogP contribution is 2.50. The van der Waals surface area contributed by atoms with E-state index in [1.54, 1.807) is 18.1 Å². The van der Waals surface area contributed by atoms with Crippen LogP contribution in [0.1, 0.15) is 64.0 Å². The van der Waals surface area contributed by atoms with E-state index in [2.05, 4.69) is 56.9 Å². The van der Waals surface area contributed by atoms with E-state index < -0.39 is 0 Å². The summed E-state index contributed by atoms with van der Waals surface area (Å²) in [6, 6.07) is 12.0. The monoisotopic (exact) mass is 494 g/mol. The van der Waals surface area contributed by atoms with Gasteiger partial charge in [0.25, 0.3) is 0 Å². The molecule has 1 atom stereocenters. The number of Topliss-reactive ketones (excluding diaryl/α,β-unsaturated/α-hetero) is 1. The molecule has 1 heterocycles. The largest absolute Gasteiger partial charge is 0.495 e. The minimum atomic E-state index is -0.248. The molecule has 0 N–H and O–H groups in total. The van der Waals surface area contributed by atoms with Gasteiger partial charge in [0.15, 0.2) is 5.78 Å². The smallest absolute Gasteiger partial charge is 0.232 e. The van der Waals surface area contributed by atoms with Crippen LogP contribution in [0.4, 0.5) is 11.4 Å². The highest BCUT2D eigenvalue weighted by Gasteiger charge is 2.45. The summed E-state index contributed by atoms with van der Waals surface area (Å²) in [4.78, 5) is 31.4. The lowest BCUT2D eigenvalue weighted by Crippen LogP contribution is -2.43. The van der Waals surface area contributed by atoms with Gasteiger partial charge in [-0.1, -0.05) is 37.6 Å². The topological polar surface area (TPSA) is 49.9 Å². The Morgan fingerprint density at radius 3 is 2.34 bits per heavy atom. The van der Waals surface area contributed by atoms with E-state index in [0.29, 0.717) is 29.3 Å². The van der Waals surface area contributed by atoms with E-state index in [1.165, 1.54) is 0 Å². The molecule has 0 saturated carbocycles. The van der Waals surface area contributed by atoms with Gasteiger partial charge < -0.3 is 9.64 Å². The summed E-state index contributed by atoms with van der Waals surface area (Å²) in [7, 11) is 1.57. The third-order valence-electron chi connectivity index (χ3n) is 7.27. The average molecular weight is 495 g/mol. The summed E-state index contributed by atoms with van der Waals surface area (Å²) in [6.07, 6.45) is 1.35. The summed E-state index contributed by atoms with van der Waals surface area (Å²) in [5.41, 5.74) is 4.97. The van der Waals surface area contributed by atoms with Crippen LogP contribution in [0, 0.1) is 12.3 Å². The van der Waals surface area contributed by atoms with E-state index in [1.807, 2.05) is 13.0 Å². The molecular formula is C29H35ClN2O3. The second-order valence-corrected chi connectivity index (χ2v) is 10.7. The van der Waals surface area contributed by atoms with E-state index in [-0.39, 0.29) is 29.4 Å². The van der Waals surface area contributed by atoms with Crippen molar-refractivity contribution < 1.29 is 14.3 Å². The number of rotatable bonds is 6. The highest BCUT2D eigenvalue weighted by atomic mass is 35.5. The minimum Gasteiger partial charge on any atom is -0.495 e. The zero-order valence-electron chi connectivity index (χ0n) is 21.6. The summed E-state index contributed by atoms with van der Waals surface area (Å²) >= 11 is 6.35. The van der Waals surface area contributed by atoms with Crippen molar-refractivity contribution in [3.63, 3.8) is 0 Å². The minimum absolute atomic E-state index is 0.0351. The number of anilines is 2. The number of allylic oxidation sites excluding steroid dienone is 2. The van der Waals surface area contributed by atoms with Crippen LogP contribution >= 0.6 is 11.6 Å². The Morgan fingerprint density at radius 1 is 1.09 bits per heavy atom. The molecule has 1 amide bonds. The number of carbonyl (C=O) groups is 2. The SMILES string of the molecule is CCN(CC)c1ccc(C2CC(=O)N(c3cc(C)c(Cl)cc3OC)C3=C2C(=O)CC(C)(C)C3)cc1. The molecule has 4 rings (SSSR count). The number of ketones is 1. The number of aryl methyl sites for hydroxylation is 1. The number of methoxy groups -OCH3 is 1. The van der Waals surface area contributed by atoms with Crippen LogP contribution in [-0.4, -0.2) is 31.9 Å². The maximum Gasteiger partial charge on any atom is 0.232 e. The van der Waals surface area contributed by atoms with E-state index >= 15 is 0 Å². The Hall–Kier alpha value is -2.79. The summed E-state index contributed by atoms with van der Waals surface area (Å²) in [5.74, 6) is 0.365. The lowest BCUT2D eigenvalue weighted by Gasteiger charge is -2.43. The fourth-order valence-corrected chi connectivity index (χ4v) is 5.63. The molecule has 186 valence electrons. The number of ether oxygens (including phenoxy) is 1. The van der Waals surface area contributed by atoms with Crippen molar-refractivity contribution in [2.45, 2.75) is 59.8 Å². The highest BCUT2D eigenvalue weighted by molar-refractivity contribution is 6.31. The maximum atomic E-state index is 13.8. The molecule has 2 aromatic rings. The number of hydrogen-bond acceptors (Lipinski definition) is 4. The average Bonchev–Trinajstić information content (AvgIpc) is 2.80. The van der Waals surface area contributed by atoms with Crippen molar-refractivity contribution >= 4 is 34.7 Å². The van der Waals surface area contributed by atoms with Gasteiger partial charge in [-0.3, -0.25) is 14.5 Å². The fourth-order valence-electron chi connectivity index (χ4n) is 5.47. The Labute approximate surface area is 213 Å². The van der Waals surface area contributed by atoms with Crippen molar-refractivity contribution in [3.8, 4) is 5.75 Å². The molecule has 0 spiro atoms. The second-order valence-electron chi connectivity index (χ2n) is 10.3. The zero-order valence-corrected chi connectivity index (χ0v) is 22.3. The van der Waals surface area contributed by atoms with Crippen molar-refractivity contribution in [2.75, 3.05) is 30.0 Å². The first-order valence-electron chi connectivity index (χ1n) is 12.4. The lowest BCUT2D eigenvalue weighted by atomic mass is 9.69. The Kier molecular flexibility index (Phi) is 7.01. The predicted molar refractivity (Wildman–Crippen MR) is 143 cm³/mol. The van der Waals surface area contributed by atoms with E-state index in [0.717, 1.165) is 41.2 Å². The Balaban J connectivity index is 1.86. The molecule has 0 fully saturated rings. The van der Waals surface area contributed by atoms with Gasteiger partial charge in [-0.15, -0.1) is 0 Å². The number of carbonyl (C=O) groups excluding carboxylic acids is 2. The first-order chi connectivity index (χ1) is 16.6. The van der Waals surface area contributed by atoms with Gasteiger partial charge in [0.05, 0.1) is 12.8 Å². The molecule has 5 nitrogen and oxygen atoms in total. The van der Waals surface area contributed by atoms with Gasteiger partial charge in [-0.25, -0.2) is 0 Å². The molecule has 0 saturated heterocycles. The predicted octanol–water partition coefficient (Wildman–Crippen LogP) is 6.67. The van der Waals surface area contributed by atoms with E-state index in [9.17, 15) is 9.59 Å². The normalized spacial score (nSPS) is 19.6. The molecule has 35 heavy (non-hydrogen) atoms. The van der Waals surface area contributed by atoms with E-state index in [4.69, 9.17) is 16.3 Å². The fraction of sp³-hybridized carbons (Fsp3) is 0.448. The molecule has 1 unspecified atom stereocenters. The van der Waals surface area contributed by atoms with Gasteiger partial charge >= 0.3 is 0 Å². The number of nitrogens with zero attached hydrogens (tertiary/aromatic N) is 2. The second kappa shape index (κ2) is 9.69. The van der Waals surface area contributed by atoms with Crippen LogP contribution in [0.25, 0.3) is 0 Å². The Bertz CT molecular complexity index is 1180. The molecule has 0 bridgehead atoms. The van der Waals surface area contributed by atoms with Crippen molar-refractivity contribution in [2.24, 2.45) is 5.41 Å². The molecule has 2 aliphatic rings. The summed E-state index contributed by atoms with van der Waals surface area (Å²) in [5, 5.41) is 0.579. The molecule has 2 aromatic carbocycles. The third kappa shape index (κ3) is 4.71. The molecular weight excluding hydrogens is 460 g/mol. The van der Waals surface area contributed by atoms with Crippen LogP contribution in [-0.2, 0) is 9.59 Å². The van der Waals surface area contributed by atoms with Crippen LogP contribution in [0.3, 0.4) is 0 Å². The maximum absolute atomic E-state index is 13.8. The number of hydrogen-bond donors (Lipinski definition) is 0. The number of benzene rings is 2. The van der Waals surface area contributed by atoms with Crippen molar-refractivity contribution in [3.05, 3.63) is 63.8 Å². The van der Waals surface area contributed by atoms with Crippen molar-refractivity contribution in [1.29, 1.82) is 0 Å². The summed E-state index contributed by atoms with van der Waals surface area (Å²) in [6.45, 7) is 12.2. The van der Waals surface area contributed by atoms with Gasteiger partial charge in [-0.2, -0.15) is 0 Å². The van der Waals surface area contributed by atoms with Gasteiger partial charge in [0.2, 0.25) is 5.91 Å². The first kappa shape index (κ1) is 25.3. The quantitative estimate of drug-likeness (QED) is 0.450. The van der Waals surface area contributed by atoms with Gasteiger partial charge in [-0.05, 0) is 61.9 Å². The first-order valence-corrected chi connectivity index (χ1v) is 12.8. The lowest BCUT2D eigenvalue weighted by molar-refractivity contribution is -0.121. The van der Waals surface area contributed by atoms with Gasteiger partial charge in [0.1, 0.15) is 5.75 Å². The van der Waals surface area contributed by atoms with Crippen LogP contribution < -0.4 is 14.5 Å².